The zero-order chi connectivity index (χ0) is 27.2. The second-order valence-corrected chi connectivity index (χ2v) is 11.6. The molecule has 0 radical (unpaired) electrons. The van der Waals surface area contributed by atoms with Crippen molar-refractivity contribution in [3.8, 4) is 0 Å². The first-order chi connectivity index (χ1) is 18.0. The number of nitrogens with one attached hydrogen (secondary N) is 2. The largest absolute Gasteiger partial charge is 0.481 e. The molecule has 38 heavy (non-hydrogen) atoms. The number of carboxylic acid groups (broad SMARTS) is 1. The Hall–Kier alpha value is -3.21. The molecule has 2 amide bonds. The maximum atomic E-state index is 13.6. The molecule has 4 heterocycles. The average molecular weight is 542 g/mol. The number of H-pyrrole nitrogens is 1. The highest BCUT2D eigenvalue weighted by Gasteiger charge is 2.41. The predicted octanol–water partition coefficient (Wildman–Crippen LogP) is 3.50. The molecule has 2 fully saturated rings. The zero-order valence-electron chi connectivity index (χ0n) is 21.7. The molecule has 202 valence electrons. The first-order valence-corrected chi connectivity index (χ1v) is 13.1. The van der Waals surface area contributed by atoms with E-state index in [9.17, 15) is 19.5 Å². The molecule has 2 aliphatic rings. The number of carbonyl (C=O) groups is 3. The standard InChI is InChI=1S/C27H32ClN5O5/c1-26(2)15-33(13-22(34)32-8-5-27(3,6-9-32)25(36)37)21(14-38-26)24(35)31-19-11-16(28)10-18-17-4-7-29-12-20(17)30-23(18)19/h4,7,10-12,21,30H,5-6,8-9,13-15H2,1-3H3,(H,31,35)(H,36,37). The molecule has 1 unspecified atom stereocenters. The van der Waals surface area contributed by atoms with E-state index in [1.807, 2.05) is 30.9 Å². The van der Waals surface area contributed by atoms with Gasteiger partial charge in [0.25, 0.3) is 0 Å². The Morgan fingerprint density at radius 3 is 2.66 bits per heavy atom. The predicted molar refractivity (Wildman–Crippen MR) is 144 cm³/mol. The first-order valence-electron chi connectivity index (χ1n) is 12.7. The van der Waals surface area contributed by atoms with Gasteiger partial charge in [0.1, 0.15) is 6.04 Å². The number of benzene rings is 1. The zero-order valence-corrected chi connectivity index (χ0v) is 22.5. The summed E-state index contributed by atoms with van der Waals surface area (Å²) in [6.45, 7) is 6.89. The van der Waals surface area contributed by atoms with Crippen LogP contribution < -0.4 is 5.32 Å². The number of fused-ring (bicyclic) bond motifs is 3. The summed E-state index contributed by atoms with van der Waals surface area (Å²) in [7, 11) is 0. The highest BCUT2D eigenvalue weighted by molar-refractivity contribution is 6.33. The van der Waals surface area contributed by atoms with Gasteiger partial charge in [-0.1, -0.05) is 11.6 Å². The van der Waals surface area contributed by atoms with Crippen molar-refractivity contribution in [2.75, 3.05) is 38.1 Å². The summed E-state index contributed by atoms with van der Waals surface area (Å²) in [5.74, 6) is -1.26. The third-order valence-electron chi connectivity index (χ3n) is 7.77. The molecule has 1 aromatic carbocycles. The van der Waals surface area contributed by atoms with Gasteiger partial charge in [-0.25, -0.2) is 0 Å². The first kappa shape index (κ1) is 26.4. The Labute approximate surface area is 225 Å². The fourth-order valence-electron chi connectivity index (χ4n) is 5.33. The molecule has 0 bridgehead atoms. The second-order valence-electron chi connectivity index (χ2n) is 11.1. The summed E-state index contributed by atoms with van der Waals surface area (Å²) in [5.41, 5.74) is 0.750. The number of aromatic amines is 1. The summed E-state index contributed by atoms with van der Waals surface area (Å²) < 4.78 is 5.97. The van der Waals surface area contributed by atoms with Gasteiger partial charge >= 0.3 is 5.97 Å². The number of likely N-dealkylation sites (tertiary alicyclic amines) is 1. The molecule has 2 saturated heterocycles. The van der Waals surface area contributed by atoms with Crippen LogP contribution in [0, 0.1) is 5.41 Å². The van der Waals surface area contributed by atoms with E-state index in [2.05, 4.69) is 15.3 Å². The van der Waals surface area contributed by atoms with Gasteiger partial charge in [-0.15, -0.1) is 0 Å². The minimum Gasteiger partial charge on any atom is -0.481 e. The van der Waals surface area contributed by atoms with E-state index in [0.717, 1.165) is 21.8 Å². The lowest BCUT2D eigenvalue weighted by Crippen LogP contribution is -2.60. The van der Waals surface area contributed by atoms with Crippen molar-refractivity contribution in [2.24, 2.45) is 5.41 Å². The van der Waals surface area contributed by atoms with Crippen molar-refractivity contribution < 1.29 is 24.2 Å². The Bertz CT molecular complexity index is 1410. The lowest BCUT2D eigenvalue weighted by atomic mass is 9.80. The number of carboxylic acids is 1. The molecule has 5 rings (SSSR count). The van der Waals surface area contributed by atoms with Crippen molar-refractivity contribution in [3.63, 3.8) is 0 Å². The molecule has 11 heteroatoms. The van der Waals surface area contributed by atoms with Crippen LogP contribution in [-0.2, 0) is 19.1 Å². The maximum absolute atomic E-state index is 13.6. The Kier molecular flexibility index (Phi) is 6.83. The second kappa shape index (κ2) is 9.83. The Morgan fingerprint density at radius 1 is 1.21 bits per heavy atom. The summed E-state index contributed by atoms with van der Waals surface area (Å²) in [6, 6.07) is 4.73. The van der Waals surface area contributed by atoms with E-state index < -0.39 is 23.0 Å². The number of nitrogens with zero attached hydrogens (tertiary/aromatic N) is 3. The fourth-order valence-corrected chi connectivity index (χ4v) is 5.55. The van der Waals surface area contributed by atoms with Crippen LogP contribution in [0.3, 0.4) is 0 Å². The van der Waals surface area contributed by atoms with Gasteiger partial charge in [-0.2, -0.15) is 0 Å². The van der Waals surface area contributed by atoms with Crippen molar-refractivity contribution >= 4 is 56.9 Å². The molecule has 2 aliphatic heterocycles. The normalized spacial score (nSPS) is 21.5. The third-order valence-corrected chi connectivity index (χ3v) is 7.98. The molecule has 2 aromatic heterocycles. The van der Waals surface area contributed by atoms with Crippen LogP contribution in [-0.4, -0.2) is 87.1 Å². The van der Waals surface area contributed by atoms with E-state index in [1.165, 1.54) is 0 Å². The number of piperidine rings is 1. The molecular formula is C27H32ClN5O5. The summed E-state index contributed by atoms with van der Waals surface area (Å²) in [4.78, 5) is 49.4. The highest BCUT2D eigenvalue weighted by Crippen LogP contribution is 2.34. The van der Waals surface area contributed by atoms with Gasteiger partial charge in [0.15, 0.2) is 0 Å². The minimum atomic E-state index is -0.836. The van der Waals surface area contributed by atoms with Crippen molar-refractivity contribution in [3.05, 3.63) is 35.6 Å². The van der Waals surface area contributed by atoms with Gasteiger partial charge in [0, 0.05) is 41.6 Å². The molecular weight excluding hydrogens is 510 g/mol. The van der Waals surface area contributed by atoms with E-state index in [1.54, 1.807) is 30.3 Å². The van der Waals surface area contributed by atoms with Gasteiger partial charge in [-0.05, 0) is 51.8 Å². The number of amides is 2. The number of aliphatic carboxylic acids is 1. The van der Waals surface area contributed by atoms with Gasteiger partial charge in [0.2, 0.25) is 11.8 Å². The molecule has 3 aromatic rings. The van der Waals surface area contributed by atoms with Crippen molar-refractivity contribution in [1.29, 1.82) is 0 Å². The topological polar surface area (TPSA) is 128 Å². The SMILES string of the molecule is CC1(C)CN(CC(=O)N2CCC(C)(C(=O)O)CC2)C(C(=O)Nc2cc(Cl)cc3c2[nH]c2cnccc23)CO1. The number of morpholine rings is 1. The van der Waals surface area contributed by atoms with Crippen LogP contribution in [0.15, 0.2) is 30.6 Å². The number of rotatable bonds is 5. The highest BCUT2D eigenvalue weighted by atomic mass is 35.5. The van der Waals surface area contributed by atoms with E-state index >= 15 is 0 Å². The lowest BCUT2D eigenvalue weighted by molar-refractivity contribution is -0.156. The van der Waals surface area contributed by atoms with Gasteiger partial charge in [0.05, 0.1) is 47.1 Å². The molecule has 1 atom stereocenters. The Balaban J connectivity index is 1.35. The lowest BCUT2D eigenvalue weighted by Gasteiger charge is -2.43. The summed E-state index contributed by atoms with van der Waals surface area (Å²) in [5, 5.41) is 14.8. The Morgan fingerprint density at radius 2 is 1.95 bits per heavy atom. The van der Waals surface area contributed by atoms with Crippen molar-refractivity contribution in [1.82, 2.24) is 19.8 Å². The number of anilines is 1. The number of ether oxygens (including phenoxy) is 1. The van der Waals surface area contributed by atoms with Crippen LogP contribution in [0.2, 0.25) is 5.02 Å². The smallest absolute Gasteiger partial charge is 0.309 e. The average Bonchev–Trinajstić information content (AvgIpc) is 3.22. The quantitative estimate of drug-likeness (QED) is 0.451. The summed E-state index contributed by atoms with van der Waals surface area (Å²) in [6.07, 6.45) is 4.23. The van der Waals surface area contributed by atoms with Crippen LogP contribution in [0.1, 0.15) is 33.6 Å². The number of carbonyl (C=O) groups excluding carboxylic acids is 2. The van der Waals surface area contributed by atoms with E-state index in [4.69, 9.17) is 16.3 Å². The van der Waals surface area contributed by atoms with Crippen LogP contribution in [0.4, 0.5) is 5.69 Å². The maximum Gasteiger partial charge on any atom is 0.309 e. The minimum absolute atomic E-state index is 0.0394. The number of halogens is 1. The molecule has 0 saturated carbocycles. The number of hydrogen-bond acceptors (Lipinski definition) is 6. The number of aromatic nitrogens is 2. The number of hydrogen-bond donors (Lipinski definition) is 3. The van der Waals surface area contributed by atoms with E-state index in [0.29, 0.717) is 43.2 Å². The number of pyridine rings is 1. The van der Waals surface area contributed by atoms with Crippen LogP contribution >= 0.6 is 11.6 Å². The van der Waals surface area contributed by atoms with Gasteiger partial charge < -0.3 is 25.0 Å². The van der Waals surface area contributed by atoms with Crippen molar-refractivity contribution in [2.45, 2.75) is 45.3 Å². The van der Waals surface area contributed by atoms with Crippen LogP contribution in [0.5, 0.6) is 0 Å². The molecule has 0 aliphatic carbocycles. The van der Waals surface area contributed by atoms with E-state index in [-0.39, 0.29) is 25.0 Å². The third kappa shape index (κ3) is 5.08. The van der Waals surface area contributed by atoms with Crippen LogP contribution in [0.25, 0.3) is 21.8 Å². The fraction of sp³-hybridized carbons (Fsp3) is 0.481. The monoisotopic (exact) mass is 541 g/mol. The molecule has 3 N–H and O–H groups in total. The molecule has 0 spiro atoms. The van der Waals surface area contributed by atoms with Gasteiger partial charge in [-0.3, -0.25) is 24.3 Å². The summed E-state index contributed by atoms with van der Waals surface area (Å²) >= 11 is 6.41. The molecule has 10 nitrogen and oxygen atoms in total.